The molecule has 27 heavy (non-hydrogen) atoms. The molecule has 0 N–H and O–H groups in total. The van der Waals surface area contributed by atoms with Crippen LogP contribution in [-0.2, 0) is 11.8 Å². The van der Waals surface area contributed by atoms with Gasteiger partial charge in [-0.05, 0) is 37.1 Å². The first-order valence-electron chi connectivity index (χ1n) is 9.76. The molecule has 1 aliphatic heterocycles. The molecule has 0 atom stereocenters. The number of fused-ring (bicyclic) bond motifs is 1. The number of imidazole rings is 1. The number of piperazine rings is 1. The molecule has 5 rings (SSSR count). The zero-order chi connectivity index (χ0) is 18.4. The van der Waals surface area contributed by atoms with Crippen LogP contribution in [0.25, 0.3) is 22.4 Å². The molecule has 5 heteroatoms. The first kappa shape index (κ1) is 16.4. The molecule has 0 bridgehead atoms. The van der Waals surface area contributed by atoms with Gasteiger partial charge in [0.15, 0.2) is 0 Å². The molecule has 3 aromatic rings. The van der Waals surface area contributed by atoms with Crippen molar-refractivity contribution in [3.05, 3.63) is 48.5 Å². The van der Waals surface area contributed by atoms with Crippen LogP contribution < -0.4 is 4.90 Å². The van der Waals surface area contributed by atoms with Gasteiger partial charge in [0, 0.05) is 50.4 Å². The third kappa shape index (κ3) is 2.97. The van der Waals surface area contributed by atoms with Gasteiger partial charge in [-0.1, -0.05) is 24.3 Å². The van der Waals surface area contributed by atoms with Crippen LogP contribution in [0.2, 0.25) is 0 Å². The SMILES string of the molecule is Cn1c(-c2cccc(N3CCN(C(=O)C4CC4)CC3)c2)nc2ccccc21. The van der Waals surface area contributed by atoms with Crippen molar-refractivity contribution in [3.63, 3.8) is 0 Å². The molecule has 0 radical (unpaired) electrons. The molecule has 1 saturated carbocycles. The molecule has 0 unspecified atom stereocenters. The Labute approximate surface area is 159 Å². The number of carbonyl (C=O) groups excluding carboxylic acids is 1. The monoisotopic (exact) mass is 360 g/mol. The van der Waals surface area contributed by atoms with Crippen LogP contribution >= 0.6 is 0 Å². The van der Waals surface area contributed by atoms with Gasteiger partial charge in [-0.25, -0.2) is 4.98 Å². The van der Waals surface area contributed by atoms with Crippen molar-refractivity contribution < 1.29 is 4.79 Å². The van der Waals surface area contributed by atoms with E-state index in [4.69, 9.17) is 4.98 Å². The minimum Gasteiger partial charge on any atom is -0.368 e. The number of aromatic nitrogens is 2. The van der Waals surface area contributed by atoms with E-state index < -0.39 is 0 Å². The fraction of sp³-hybridized carbons (Fsp3) is 0.364. The average molecular weight is 360 g/mol. The maximum atomic E-state index is 12.3. The van der Waals surface area contributed by atoms with Crippen LogP contribution in [0.1, 0.15) is 12.8 Å². The molecule has 1 amide bonds. The van der Waals surface area contributed by atoms with E-state index in [1.54, 1.807) is 0 Å². The Hall–Kier alpha value is -2.82. The molecule has 138 valence electrons. The predicted molar refractivity (Wildman–Crippen MR) is 108 cm³/mol. The first-order chi connectivity index (χ1) is 13.2. The standard InChI is InChI=1S/C22H24N4O/c1-24-20-8-3-2-7-19(20)23-21(24)17-5-4-6-18(15-17)25-11-13-26(14-12-25)22(27)16-9-10-16/h2-8,15-16H,9-14H2,1H3. The molecular formula is C22H24N4O. The highest BCUT2D eigenvalue weighted by atomic mass is 16.2. The third-order valence-electron chi connectivity index (χ3n) is 5.77. The summed E-state index contributed by atoms with van der Waals surface area (Å²) in [6, 6.07) is 16.8. The van der Waals surface area contributed by atoms with Crippen LogP contribution in [0.5, 0.6) is 0 Å². The Morgan fingerprint density at radius 3 is 2.52 bits per heavy atom. The Morgan fingerprint density at radius 2 is 1.78 bits per heavy atom. The average Bonchev–Trinajstić information content (AvgIpc) is 3.52. The normalized spacial score (nSPS) is 17.5. The molecule has 0 spiro atoms. The molecule has 1 aromatic heterocycles. The van der Waals surface area contributed by atoms with Crippen LogP contribution in [0, 0.1) is 5.92 Å². The van der Waals surface area contributed by atoms with Crippen LogP contribution in [0.15, 0.2) is 48.5 Å². The second-order valence-electron chi connectivity index (χ2n) is 7.62. The summed E-state index contributed by atoms with van der Waals surface area (Å²) in [5.41, 5.74) is 4.50. The van der Waals surface area contributed by atoms with Crippen LogP contribution in [0.3, 0.4) is 0 Å². The predicted octanol–water partition coefficient (Wildman–Crippen LogP) is 3.30. The Bertz CT molecular complexity index is 996. The summed E-state index contributed by atoms with van der Waals surface area (Å²) >= 11 is 0. The lowest BCUT2D eigenvalue weighted by molar-refractivity contribution is -0.132. The van der Waals surface area contributed by atoms with Gasteiger partial charge in [-0.2, -0.15) is 0 Å². The quantitative estimate of drug-likeness (QED) is 0.720. The maximum Gasteiger partial charge on any atom is 0.225 e. The van der Waals surface area contributed by atoms with Gasteiger partial charge in [0.1, 0.15) is 5.82 Å². The summed E-state index contributed by atoms with van der Waals surface area (Å²) in [7, 11) is 2.07. The van der Waals surface area contributed by atoms with Gasteiger partial charge in [-0.3, -0.25) is 4.79 Å². The van der Waals surface area contributed by atoms with E-state index >= 15 is 0 Å². The van der Waals surface area contributed by atoms with Crippen molar-refractivity contribution >= 4 is 22.6 Å². The molecule has 5 nitrogen and oxygen atoms in total. The third-order valence-corrected chi connectivity index (χ3v) is 5.77. The molecule has 2 aliphatic rings. The van der Waals surface area contributed by atoms with Crippen molar-refractivity contribution in [2.75, 3.05) is 31.1 Å². The van der Waals surface area contributed by atoms with Gasteiger partial charge in [-0.15, -0.1) is 0 Å². The molecule has 2 fully saturated rings. The summed E-state index contributed by atoms with van der Waals surface area (Å²) < 4.78 is 2.15. The first-order valence-corrected chi connectivity index (χ1v) is 9.76. The smallest absolute Gasteiger partial charge is 0.225 e. The number of amides is 1. The van der Waals surface area contributed by atoms with Crippen LogP contribution in [0.4, 0.5) is 5.69 Å². The second kappa shape index (κ2) is 6.41. The molecule has 1 saturated heterocycles. The largest absolute Gasteiger partial charge is 0.368 e. The number of hydrogen-bond acceptors (Lipinski definition) is 3. The lowest BCUT2D eigenvalue weighted by Gasteiger charge is -2.36. The van der Waals surface area contributed by atoms with Gasteiger partial charge in [0.2, 0.25) is 5.91 Å². The zero-order valence-electron chi connectivity index (χ0n) is 15.6. The highest BCUT2D eigenvalue weighted by molar-refractivity contribution is 5.82. The van der Waals surface area contributed by atoms with Gasteiger partial charge in [0.05, 0.1) is 11.0 Å². The van der Waals surface area contributed by atoms with Crippen molar-refractivity contribution in [2.45, 2.75) is 12.8 Å². The topological polar surface area (TPSA) is 41.4 Å². The summed E-state index contributed by atoms with van der Waals surface area (Å²) in [6.07, 6.45) is 2.16. The minimum atomic E-state index is 0.317. The van der Waals surface area contributed by atoms with Crippen molar-refractivity contribution in [1.29, 1.82) is 0 Å². The van der Waals surface area contributed by atoms with Crippen molar-refractivity contribution in [1.82, 2.24) is 14.5 Å². The molecular weight excluding hydrogens is 336 g/mol. The van der Waals surface area contributed by atoms with E-state index in [2.05, 4.69) is 52.9 Å². The van der Waals surface area contributed by atoms with E-state index in [-0.39, 0.29) is 0 Å². The lowest BCUT2D eigenvalue weighted by Crippen LogP contribution is -2.49. The Kier molecular flexibility index (Phi) is 3.88. The zero-order valence-corrected chi connectivity index (χ0v) is 15.6. The van der Waals surface area contributed by atoms with E-state index in [9.17, 15) is 4.79 Å². The number of benzene rings is 2. The maximum absolute atomic E-state index is 12.3. The lowest BCUT2D eigenvalue weighted by atomic mass is 10.1. The number of aryl methyl sites for hydroxylation is 1. The fourth-order valence-corrected chi connectivity index (χ4v) is 4.02. The molecule has 1 aliphatic carbocycles. The van der Waals surface area contributed by atoms with Gasteiger partial charge in [0.25, 0.3) is 0 Å². The summed E-state index contributed by atoms with van der Waals surface area (Å²) in [5.74, 6) is 1.67. The molecule has 2 heterocycles. The summed E-state index contributed by atoms with van der Waals surface area (Å²) in [4.78, 5) is 21.5. The Morgan fingerprint density at radius 1 is 1.00 bits per heavy atom. The highest BCUT2D eigenvalue weighted by Gasteiger charge is 2.34. The number of para-hydroxylation sites is 2. The van der Waals surface area contributed by atoms with E-state index in [1.165, 1.54) is 5.69 Å². The number of carbonyl (C=O) groups is 1. The number of nitrogens with zero attached hydrogens (tertiary/aromatic N) is 4. The number of anilines is 1. The van der Waals surface area contributed by atoms with Crippen molar-refractivity contribution in [3.8, 4) is 11.4 Å². The van der Waals surface area contributed by atoms with E-state index in [1.807, 2.05) is 17.0 Å². The number of rotatable bonds is 3. The van der Waals surface area contributed by atoms with E-state index in [0.717, 1.165) is 61.4 Å². The minimum absolute atomic E-state index is 0.317. The summed E-state index contributed by atoms with van der Waals surface area (Å²) in [6.45, 7) is 3.44. The summed E-state index contributed by atoms with van der Waals surface area (Å²) in [5, 5.41) is 0. The van der Waals surface area contributed by atoms with Crippen LogP contribution in [-0.4, -0.2) is 46.5 Å². The fourth-order valence-electron chi connectivity index (χ4n) is 4.02. The second-order valence-corrected chi connectivity index (χ2v) is 7.62. The highest BCUT2D eigenvalue weighted by Crippen LogP contribution is 2.32. The number of hydrogen-bond donors (Lipinski definition) is 0. The Balaban J connectivity index is 1.37. The molecule has 2 aromatic carbocycles. The van der Waals surface area contributed by atoms with E-state index in [0.29, 0.717) is 11.8 Å². The van der Waals surface area contributed by atoms with Gasteiger partial charge < -0.3 is 14.4 Å². The van der Waals surface area contributed by atoms with Gasteiger partial charge >= 0.3 is 0 Å². The van der Waals surface area contributed by atoms with Crippen molar-refractivity contribution in [2.24, 2.45) is 13.0 Å².